The molecule has 6 nitrogen and oxygen atoms in total. The van der Waals surface area contributed by atoms with Crippen LogP contribution >= 0.6 is 0 Å². The molecular weight excluding hydrogens is 306 g/mol. The van der Waals surface area contributed by atoms with Crippen LogP contribution in [0.5, 0.6) is 0 Å². The number of aromatic amines is 1. The molecule has 0 atom stereocenters. The zero-order valence-corrected chi connectivity index (χ0v) is 13.1. The third-order valence-electron chi connectivity index (χ3n) is 3.57. The Labute approximate surface area is 138 Å². The van der Waals surface area contributed by atoms with Crippen molar-refractivity contribution in [3.8, 4) is 16.9 Å². The Hall–Kier alpha value is -3.28. The first-order chi connectivity index (χ1) is 11.7. The Balaban J connectivity index is 2.15. The molecule has 24 heavy (non-hydrogen) atoms. The van der Waals surface area contributed by atoms with Gasteiger partial charge in [0.2, 0.25) is 5.69 Å². The standard InChI is InChI=1S/C18H15N3O3/c1-2-24-18(22)16-12-19-21(15-10-8-14(20-23)9-11-15)17(16)13-6-4-3-5-7-13/h3-12H,2H2,1H3/p+1. The van der Waals surface area contributed by atoms with Crippen LogP contribution in [0, 0.1) is 4.91 Å². The van der Waals surface area contributed by atoms with E-state index >= 15 is 0 Å². The fourth-order valence-electron chi connectivity index (χ4n) is 2.49. The van der Waals surface area contributed by atoms with Crippen molar-refractivity contribution in [2.24, 2.45) is 5.18 Å². The SMILES string of the molecule is CCOC(=O)c1c[nH][n+](-c2ccc(N=O)cc2)c1-c1ccccc1. The van der Waals surface area contributed by atoms with Crippen LogP contribution in [-0.4, -0.2) is 17.7 Å². The maximum Gasteiger partial charge on any atom is 0.346 e. The number of rotatable bonds is 5. The summed E-state index contributed by atoms with van der Waals surface area (Å²) in [5, 5.41) is 5.97. The highest BCUT2D eigenvalue weighted by Gasteiger charge is 2.28. The second-order valence-corrected chi connectivity index (χ2v) is 5.07. The zero-order chi connectivity index (χ0) is 16.9. The molecule has 0 aliphatic carbocycles. The largest absolute Gasteiger partial charge is 0.462 e. The Morgan fingerprint density at radius 3 is 2.46 bits per heavy atom. The highest BCUT2D eigenvalue weighted by molar-refractivity contribution is 5.95. The van der Waals surface area contributed by atoms with Crippen molar-refractivity contribution < 1.29 is 14.2 Å². The van der Waals surface area contributed by atoms with E-state index in [1.54, 1.807) is 42.1 Å². The number of aromatic nitrogens is 2. The summed E-state index contributed by atoms with van der Waals surface area (Å²) in [6.45, 7) is 2.07. The first-order valence-electron chi connectivity index (χ1n) is 7.54. The zero-order valence-electron chi connectivity index (χ0n) is 13.1. The number of carbonyl (C=O) groups excluding carboxylic acids is 1. The minimum absolute atomic E-state index is 0.304. The molecule has 0 saturated heterocycles. The summed E-state index contributed by atoms with van der Waals surface area (Å²) in [7, 11) is 0. The number of nitrogens with one attached hydrogen (secondary N) is 1. The smallest absolute Gasteiger partial charge is 0.346 e. The minimum atomic E-state index is -0.391. The molecule has 0 aliphatic heterocycles. The first kappa shape index (κ1) is 15.6. The van der Waals surface area contributed by atoms with Crippen molar-refractivity contribution in [2.45, 2.75) is 6.92 Å². The Bertz CT molecular complexity index is 855. The van der Waals surface area contributed by atoms with Gasteiger partial charge in [0.25, 0.3) is 5.69 Å². The van der Waals surface area contributed by atoms with Gasteiger partial charge in [0.15, 0.2) is 5.56 Å². The molecule has 2 aromatic carbocycles. The monoisotopic (exact) mass is 322 g/mol. The van der Waals surface area contributed by atoms with Crippen molar-refractivity contribution in [2.75, 3.05) is 6.61 Å². The molecule has 6 heteroatoms. The molecule has 0 unspecified atom stereocenters. The van der Waals surface area contributed by atoms with Gasteiger partial charge in [-0.1, -0.05) is 22.9 Å². The van der Waals surface area contributed by atoms with E-state index in [4.69, 9.17) is 4.74 Å². The van der Waals surface area contributed by atoms with Gasteiger partial charge in [-0.3, -0.25) is 0 Å². The number of nitrogens with zero attached hydrogens (tertiary/aromatic N) is 2. The number of benzene rings is 2. The molecule has 1 N–H and O–H groups in total. The molecule has 3 aromatic rings. The van der Waals surface area contributed by atoms with Gasteiger partial charge in [-0.15, -0.1) is 4.91 Å². The van der Waals surface area contributed by atoms with E-state index in [1.165, 1.54) is 0 Å². The third-order valence-corrected chi connectivity index (χ3v) is 3.57. The number of nitroso groups, excluding NO2 is 1. The van der Waals surface area contributed by atoms with Crippen LogP contribution in [0.25, 0.3) is 16.9 Å². The van der Waals surface area contributed by atoms with E-state index in [2.05, 4.69) is 10.3 Å². The minimum Gasteiger partial charge on any atom is -0.462 e. The molecule has 3 rings (SSSR count). The lowest BCUT2D eigenvalue weighted by atomic mass is 10.1. The average Bonchev–Trinajstić information content (AvgIpc) is 3.08. The maximum atomic E-state index is 12.3. The highest BCUT2D eigenvalue weighted by atomic mass is 16.5. The molecule has 0 fully saturated rings. The van der Waals surface area contributed by atoms with Gasteiger partial charge in [0, 0.05) is 12.1 Å². The summed E-state index contributed by atoms with van der Waals surface area (Å²) < 4.78 is 6.92. The second-order valence-electron chi connectivity index (χ2n) is 5.07. The molecule has 0 amide bonds. The van der Waals surface area contributed by atoms with Gasteiger partial charge >= 0.3 is 5.97 Å². The summed E-state index contributed by atoms with van der Waals surface area (Å²) in [4.78, 5) is 22.9. The predicted octanol–water partition coefficient (Wildman–Crippen LogP) is 3.53. The maximum absolute atomic E-state index is 12.3. The molecule has 0 aliphatic rings. The first-order valence-corrected chi connectivity index (χ1v) is 7.54. The van der Waals surface area contributed by atoms with Crippen LogP contribution in [-0.2, 0) is 4.74 Å². The number of ether oxygens (including phenoxy) is 1. The van der Waals surface area contributed by atoms with Crippen LogP contribution in [0.1, 0.15) is 17.3 Å². The topological polar surface area (TPSA) is 75.4 Å². The van der Waals surface area contributed by atoms with Crippen LogP contribution < -0.4 is 4.68 Å². The second kappa shape index (κ2) is 6.87. The summed E-state index contributed by atoms with van der Waals surface area (Å²) in [5.74, 6) is -0.391. The summed E-state index contributed by atoms with van der Waals surface area (Å²) in [6, 6.07) is 16.3. The molecule has 120 valence electrons. The lowest BCUT2D eigenvalue weighted by molar-refractivity contribution is -0.644. The Morgan fingerprint density at radius 2 is 1.83 bits per heavy atom. The van der Waals surface area contributed by atoms with Gasteiger partial charge in [0.05, 0.1) is 18.4 Å². The van der Waals surface area contributed by atoms with Crippen LogP contribution in [0.4, 0.5) is 5.69 Å². The van der Waals surface area contributed by atoms with Gasteiger partial charge in [-0.2, -0.15) is 5.10 Å². The van der Waals surface area contributed by atoms with Crippen LogP contribution in [0.2, 0.25) is 0 Å². The Morgan fingerprint density at radius 1 is 1.12 bits per heavy atom. The molecule has 0 bridgehead atoms. The predicted molar refractivity (Wildman–Crippen MR) is 89.2 cm³/mol. The number of H-pyrrole nitrogens is 1. The summed E-state index contributed by atoms with van der Waals surface area (Å²) >= 11 is 0. The van der Waals surface area contributed by atoms with Crippen LogP contribution in [0.3, 0.4) is 0 Å². The van der Waals surface area contributed by atoms with E-state index in [0.29, 0.717) is 23.6 Å². The third kappa shape index (κ3) is 2.94. The molecule has 0 saturated carbocycles. The molecule has 1 heterocycles. The number of hydrogen-bond acceptors (Lipinski definition) is 4. The average molecular weight is 322 g/mol. The van der Waals surface area contributed by atoms with Gasteiger partial charge in [-0.25, -0.2) is 4.79 Å². The summed E-state index contributed by atoms with van der Waals surface area (Å²) in [5.41, 5.74) is 3.13. The molecule has 0 spiro atoms. The number of hydrogen-bond donors (Lipinski definition) is 1. The van der Waals surface area contributed by atoms with Gasteiger partial charge in [0.1, 0.15) is 5.69 Å². The van der Waals surface area contributed by atoms with Crippen molar-refractivity contribution in [1.82, 2.24) is 5.10 Å². The quantitative estimate of drug-likeness (QED) is 0.443. The van der Waals surface area contributed by atoms with Crippen molar-refractivity contribution in [3.63, 3.8) is 0 Å². The summed E-state index contributed by atoms with van der Waals surface area (Å²) in [6.07, 6.45) is 1.62. The van der Waals surface area contributed by atoms with Crippen LogP contribution in [0.15, 0.2) is 66.0 Å². The van der Waals surface area contributed by atoms with Gasteiger partial charge in [-0.05, 0) is 36.4 Å². The molecule has 1 aromatic heterocycles. The lowest BCUT2D eigenvalue weighted by Crippen LogP contribution is -2.35. The normalized spacial score (nSPS) is 10.4. The van der Waals surface area contributed by atoms with E-state index in [-0.39, 0.29) is 0 Å². The number of esters is 1. The van der Waals surface area contributed by atoms with Crippen molar-refractivity contribution in [3.05, 3.63) is 71.3 Å². The fraction of sp³-hybridized carbons (Fsp3) is 0.111. The van der Waals surface area contributed by atoms with E-state index in [9.17, 15) is 9.70 Å². The van der Waals surface area contributed by atoms with E-state index in [0.717, 1.165) is 11.3 Å². The van der Waals surface area contributed by atoms with E-state index < -0.39 is 5.97 Å². The number of carbonyl (C=O) groups is 1. The molecular formula is C18H16N3O3+. The fourth-order valence-corrected chi connectivity index (χ4v) is 2.49. The Kier molecular flexibility index (Phi) is 4.47. The highest BCUT2D eigenvalue weighted by Crippen LogP contribution is 2.22. The van der Waals surface area contributed by atoms with Crippen molar-refractivity contribution >= 4 is 11.7 Å². The van der Waals surface area contributed by atoms with Gasteiger partial charge < -0.3 is 4.74 Å². The lowest BCUT2D eigenvalue weighted by Gasteiger charge is -2.02. The molecule has 0 radical (unpaired) electrons. The van der Waals surface area contributed by atoms with E-state index in [1.807, 2.05) is 30.3 Å². The van der Waals surface area contributed by atoms with Crippen molar-refractivity contribution in [1.29, 1.82) is 0 Å².